The number of carbonyl (C=O) groups excluding carboxylic acids is 2. The SMILES string of the molecule is CCOC(=O)c1c(N2CCOCC2)c(-c2ccc(C)cc2)cn1C(=O)CC. The molecule has 1 fully saturated rings. The smallest absolute Gasteiger partial charge is 0.357 e. The summed E-state index contributed by atoms with van der Waals surface area (Å²) in [5, 5.41) is 0. The van der Waals surface area contributed by atoms with E-state index in [2.05, 4.69) is 4.90 Å². The molecule has 27 heavy (non-hydrogen) atoms. The molecule has 0 amide bonds. The fourth-order valence-electron chi connectivity index (χ4n) is 3.31. The zero-order valence-corrected chi connectivity index (χ0v) is 16.2. The second-order valence-corrected chi connectivity index (χ2v) is 6.54. The van der Waals surface area contributed by atoms with Gasteiger partial charge in [-0.3, -0.25) is 9.36 Å². The lowest BCUT2D eigenvalue weighted by Crippen LogP contribution is -2.37. The van der Waals surface area contributed by atoms with Gasteiger partial charge in [0.25, 0.3) is 0 Å². The average Bonchev–Trinajstić information content (AvgIpc) is 3.09. The van der Waals surface area contributed by atoms with E-state index >= 15 is 0 Å². The first-order valence-corrected chi connectivity index (χ1v) is 9.42. The lowest BCUT2D eigenvalue weighted by Gasteiger charge is -2.30. The molecule has 1 aromatic carbocycles. The van der Waals surface area contributed by atoms with Gasteiger partial charge in [0.15, 0.2) is 5.69 Å². The number of morpholine rings is 1. The monoisotopic (exact) mass is 370 g/mol. The van der Waals surface area contributed by atoms with Gasteiger partial charge in [-0.1, -0.05) is 36.8 Å². The Bertz CT molecular complexity index is 817. The Kier molecular flexibility index (Phi) is 5.96. The van der Waals surface area contributed by atoms with Crippen molar-refractivity contribution in [3.8, 4) is 11.1 Å². The number of rotatable bonds is 5. The van der Waals surface area contributed by atoms with Crippen molar-refractivity contribution >= 4 is 17.6 Å². The number of ether oxygens (including phenoxy) is 2. The normalized spacial score (nSPS) is 14.3. The van der Waals surface area contributed by atoms with Crippen LogP contribution >= 0.6 is 0 Å². The minimum absolute atomic E-state index is 0.133. The Balaban J connectivity index is 2.22. The molecule has 0 radical (unpaired) electrons. The van der Waals surface area contributed by atoms with Crippen LogP contribution in [0.4, 0.5) is 5.69 Å². The summed E-state index contributed by atoms with van der Waals surface area (Å²) < 4.78 is 12.2. The summed E-state index contributed by atoms with van der Waals surface area (Å²) in [6.07, 6.45) is 2.07. The van der Waals surface area contributed by atoms with Crippen molar-refractivity contribution in [2.24, 2.45) is 0 Å². The molecule has 0 saturated carbocycles. The molecule has 1 aromatic heterocycles. The first-order chi connectivity index (χ1) is 13.1. The first kappa shape index (κ1) is 19.2. The second kappa shape index (κ2) is 8.39. The molecule has 144 valence electrons. The molecule has 0 N–H and O–H groups in total. The number of benzene rings is 1. The molecule has 0 spiro atoms. The molecule has 3 rings (SSSR count). The van der Waals surface area contributed by atoms with Gasteiger partial charge in [0.1, 0.15) is 0 Å². The summed E-state index contributed by atoms with van der Waals surface area (Å²) in [5.41, 5.74) is 4.04. The number of aromatic nitrogens is 1. The molecule has 1 saturated heterocycles. The van der Waals surface area contributed by atoms with Gasteiger partial charge in [0.2, 0.25) is 5.91 Å². The zero-order valence-electron chi connectivity index (χ0n) is 16.2. The summed E-state index contributed by atoms with van der Waals surface area (Å²) in [6, 6.07) is 8.09. The number of hydrogen-bond donors (Lipinski definition) is 0. The minimum Gasteiger partial charge on any atom is -0.461 e. The van der Waals surface area contributed by atoms with Crippen molar-refractivity contribution in [1.82, 2.24) is 4.57 Å². The van der Waals surface area contributed by atoms with Gasteiger partial charge in [0, 0.05) is 31.3 Å². The molecule has 0 aliphatic carbocycles. The molecule has 6 heteroatoms. The first-order valence-electron chi connectivity index (χ1n) is 9.42. The Morgan fingerprint density at radius 3 is 2.37 bits per heavy atom. The van der Waals surface area contributed by atoms with Crippen molar-refractivity contribution in [3.05, 3.63) is 41.7 Å². The van der Waals surface area contributed by atoms with Crippen LogP contribution in [0.15, 0.2) is 30.5 Å². The van der Waals surface area contributed by atoms with Crippen LogP contribution in [0.1, 0.15) is 41.1 Å². The fourth-order valence-corrected chi connectivity index (χ4v) is 3.31. The quantitative estimate of drug-likeness (QED) is 0.754. The van der Waals surface area contributed by atoms with Gasteiger partial charge >= 0.3 is 5.97 Å². The Labute approximate surface area is 159 Å². The highest BCUT2D eigenvalue weighted by molar-refractivity contribution is 6.04. The maximum absolute atomic E-state index is 12.8. The molecule has 0 bridgehead atoms. The summed E-state index contributed by atoms with van der Waals surface area (Å²) in [7, 11) is 0. The molecule has 2 aromatic rings. The van der Waals surface area contributed by atoms with E-state index in [0.717, 1.165) is 22.4 Å². The van der Waals surface area contributed by atoms with Crippen LogP contribution in [0, 0.1) is 6.92 Å². The van der Waals surface area contributed by atoms with Crippen molar-refractivity contribution in [2.75, 3.05) is 37.8 Å². The summed E-state index contributed by atoms with van der Waals surface area (Å²) in [4.78, 5) is 27.5. The van der Waals surface area contributed by atoms with E-state index in [1.54, 1.807) is 20.0 Å². The maximum atomic E-state index is 12.8. The van der Waals surface area contributed by atoms with Crippen LogP contribution in [0.3, 0.4) is 0 Å². The van der Waals surface area contributed by atoms with Crippen LogP contribution < -0.4 is 4.90 Å². The fraction of sp³-hybridized carbons (Fsp3) is 0.429. The molecule has 0 unspecified atom stereocenters. The van der Waals surface area contributed by atoms with Gasteiger partial charge in [-0.2, -0.15) is 0 Å². The van der Waals surface area contributed by atoms with E-state index in [1.807, 2.05) is 31.2 Å². The van der Waals surface area contributed by atoms with E-state index in [9.17, 15) is 9.59 Å². The summed E-state index contributed by atoms with van der Waals surface area (Å²) >= 11 is 0. The lowest BCUT2D eigenvalue weighted by atomic mass is 10.0. The maximum Gasteiger partial charge on any atom is 0.357 e. The third-order valence-corrected chi connectivity index (χ3v) is 4.71. The standard InChI is InChI=1S/C21H26N2O4/c1-4-18(24)23-14-17(16-8-6-15(3)7-9-16)19(20(23)21(25)27-5-2)22-10-12-26-13-11-22/h6-9,14H,4-5,10-13H2,1-3H3. The highest BCUT2D eigenvalue weighted by Gasteiger charge is 2.30. The number of nitrogens with zero attached hydrogens (tertiary/aromatic N) is 2. The lowest BCUT2D eigenvalue weighted by molar-refractivity contribution is 0.0508. The van der Waals surface area contributed by atoms with E-state index in [4.69, 9.17) is 9.47 Å². The predicted molar refractivity (Wildman–Crippen MR) is 105 cm³/mol. The molecule has 2 heterocycles. The number of hydrogen-bond acceptors (Lipinski definition) is 5. The Morgan fingerprint density at radius 2 is 1.78 bits per heavy atom. The van der Waals surface area contributed by atoms with E-state index < -0.39 is 5.97 Å². The van der Waals surface area contributed by atoms with Crippen molar-refractivity contribution in [2.45, 2.75) is 27.2 Å². The number of carbonyl (C=O) groups is 2. The third kappa shape index (κ3) is 3.90. The molecular formula is C21H26N2O4. The van der Waals surface area contributed by atoms with Gasteiger partial charge in [-0.15, -0.1) is 0 Å². The molecule has 1 aliphatic rings. The van der Waals surface area contributed by atoms with Gasteiger partial charge in [-0.25, -0.2) is 4.79 Å². The van der Waals surface area contributed by atoms with Crippen LogP contribution in [-0.2, 0) is 9.47 Å². The topological polar surface area (TPSA) is 60.8 Å². The van der Waals surface area contributed by atoms with Gasteiger partial charge < -0.3 is 14.4 Å². The van der Waals surface area contributed by atoms with Crippen molar-refractivity contribution in [1.29, 1.82) is 0 Å². The second-order valence-electron chi connectivity index (χ2n) is 6.54. The van der Waals surface area contributed by atoms with E-state index in [0.29, 0.717) is 38.4 Å². The highest BCUT2D eigenvalue weighted by Crippen LogP contribution is 2.37. The molecule has 6 nitrogen and oxygen atoms in total. The molecular weight excluding hydrogens is 344 g/mol. The highest BCUT2D eigenvalue weighted by atomic mass is 16.5. The van der Waals surface area contributed by atoms with E-state index in [1.165, 1.54) is 4.57 Å². The zero-order chi connectivity index (χ0) is 19.4. The number of aryl methyl sites for hydroxylation is 1. The van der Waals surface area contributed by atoms with Gasteiger partial charge in [0.05, 0.1) is 25.5 Å². The van der Waals surface area contributed by atoms with Crippen molar-refractivity contribution < 1.29 is 19.1 Å². The summed E-state index contributed by atoms with van der Waals surface area (Å²) in [5.74, 6) is -0.606. The Morgan fingerprint density at radius 1 is 1.11 bits per heavy atom. The van der Waals surface area contributed by atoms with E-state index in [-0.39, 0.29) is 12.5 Å². The number of esters is 1. The van der Waals surface area contributed by atoms with Crippen LogP contribution in [-0.4, -0.2) is 49.4 Å². The number of anilines is 1. The largest absolute Gasteiger partial charge is 0.461 e. The average molecular weight is 370 g/mol. The van der Waals surface area contributed by atoms with Crippen LogP contribution in [0.5, 0.6) is 0 Å². The van der Waals surface area contributed by atoms with Crippen molar-refractivity contribution in [3.63, 3.8) is 0 Å². The van der Waals surface area contributed by atoms with Crippen LogP contribution in [0.25, 0.3) is 11.1 Å². The molecule has 0 atom stereocenters. The predicted octanol–water partition coefficient (Wildman–Crippen LogP) is 3.53. The Hall–Kier alpha value is -2.60. The van der Waals surface area contributed by atoms with Crippen LogP contribution in [0.2, 0.25) is 0 Å². The third-order valence-electron chi connectivity index (χ3n) is 4.71. The molecule has 1 aliphatic heterocycles. The summed E-state index contributed by atoms with van der Waals surface area (Å²) in [6.45, 7) is 8.34. The minimum atomic E-state index is -0.473. The van der Waals surface area contributed by atoms with Gasteiger partial charge in [-0.05, 0) is 19.4 Å².